The number of likely N-dealkylation sites (N-methyl/N-ethyl adjacent to an activating group) is 1. The van der Waals surface area contributed by atoms with Gasteiger partial charge in [0.2, 0.25) is 11.8 Å². The minimum absolute atomic E-state index is 0.0306. The predicted octanol–water partition coefficient (Wildman–Crippen LogP) is -0.152. The van der Waals surface area contributed by atoms with E-state index in [1.807, 2.05) is 13.8 Å². The highest BCUT2D eigenvalue weighted by atomic mass is 16.3. The van der Waals surface area contributed by atoms with E-state index in [-0.39, 0.29) is 30.3 Å². The average molecular weight is 285 g/mol. The van der Waals surface area contributed by atoms with Gasteiger partial charge in [0.25, 0.3) is 0 Å². The normalized spacial score (nSPS) is 24.3. The first-order valence-corrected chi connectivity index (χ1v) is 7.31. The fraction of sp³-hybridized carbons (Fsp3) is 0.857. The van der Waals surface area contributed by atoms with Crippen molar-refractivity contribution in [2.75, 3.05) is 13.6 Å². The van der Waals surface area contributed by atoms with E-state index in [2.05, 4.69) is 5.32 Å². The van der Waals surface area contributed by atoms with Crippen LogP contribution in [-0.2, 0) is 9.59 Å². The first kappa shape index (κ1) is 16.9. The Balaban J connectivity index is 2.44. The topological polar surface area (TPSA) is 95.7 Å². The van der Waals surface area contributed by atoms with Crippen LogP contribution in [0.3, 0.4) is 0 Å². The van der Waals surface area contributed by atoms with Crippen molar-refractivity contribution in [1.82, 2.24) is 10.2 Å². The van der Waals surface area contributed by atoms with Crippen molar-refractivity contribution < 1.29 is 14.7 Å². The SMILES string of the molecule is CC(C)[C@H](N)C(=O)NCC(=O)N(C)C1CCCCC1O. The highest BCUT2D eigenvalue weighted by Gasteiger charge is 2.29. The third-order valence-corrected chi connectivity index (χ3v) is 4.02. The number of aliphatic hydroxyl groups is 1. The largest absolute Gasteiger partial charge is 0.391 e. The standard InChI is InChI=1S/C14H27N3O3/c1-9(2)13(15)14(20)16-8-12(19)17(3)10-6-4-5-7-11(10)18/h9-11,13,18H,4-8,15H2,1-3H3,(H,16,20)/t10?,11?,13-/m0/s1. The van der Waals surface area contributed by atoms with Crippen LogP contribution in [0.2, 0.25) is 0 Å². The first-order chi connectivity index (χ1) is 9.34. The van der Waals surface area contributed by atoms with Crippen LogP contribution in [0.25, 0.3) is 0 Å². The van der Waals surface area contributed by atoms with E-state index in [9.17, 15) is 14.7 Å². The number of nitrogens with two attached hydrogens (primary N) is 1. The molecule has 1 rings (SSSR count). The van der Waals surface area contributed by atoms with E-state index < -0.39 is 12.1 Å². The van der Waals surface area contributed by atoms with Gasteiger partial charge in [-0.1, -0.05) is 26.7 Å². The van der Waals surface area contributed by atoms with Gasteiger partial charge in [0.1, 0.15) is 0 Å². The Morgan fingerprint density at radius 1 is 1.35 bits per heavy atom. The summed E-state index contributed by atoms with van der Waals surface area (Å²) in [4.78, 5) is 25.3. The zero-order valence-corrected chi connectivity index (χ0v) is 12.6. The van der Waals surface area contributed by atoms with Crippen molar-refractivity contribution in [2.24, 2.45) is 11.7 Å². The molecule has 2 unspecified atom stereocenters. The highest BCUT2D eigenvalue weighted by Crippen LogP contribution is 2.22. The van der Waals surface area contributed by atoms with Gasteiger partial charge < -0.3 is 21.1 Å². The van der Waals surface area contributed by atoms with Crippen molar-refractivity contribution in [3.63, 3.8) is 0 Å². The van der Waals surface area contributed by atoms with Crippen molar-refractivity contribution in [3.8, 4) is 0 Å². The molecule has 20 heavy (non-hydrogen) atoms. The summed E-state index contributed by atoms with van der Waals surface area (Å²) in [5, 5.41) is 12.5. The summed E-state index contributed by atoms with van der Waals surface area (Å²) < 4.78 is 0. The molecule has 0 spiro atoms. The molecule has 0 aromatic heterocycles. The number of aliphatic hydroxyl groups excluding tert-OH is 1. The molecule has 3 atom stereocenters. The van der Waals surface area contributed by atoms with Crippen LogP contribution in [0, 0.1) is 5.92 Å². The maximum Gasteiger partial charge on any atom is 0.242 e. The number of carbonyl (C=O) groups is 2. The second-order valence-corrected chi connectivity index (χ2v) is 5.91. The Kier molecular flexibility index (Phi) is 6.42. The number of nitrogens with one attached hydrogen (secondary N) is 1. The molecule has 0 aromatic carbocycles. The summed E-state index contributed by atoms with van der Waals surface area (Å²) in [5.41, 5.74) is 5.71. The van der Waals surface area contributed by atoms with Gasteiger partial charge in [0.15, 0.2) is 0 Å². The second-order valence-electron chi connectivity index (χ2n) is 5.91. The summed E-state index contributed by atoms with van der Waals surface area (Å²) in [5.74, 6) is -0.478. The quantitative estimate of drug-likeness (QED) is 0.654. The van der Waals surface area contributed by atoms with Crippen molar-refractivity contribution in [3.05, 3.63) is 0 Å². The van der Waals surface area contributed by atoms with Gasteiger partial charge in [-0.2, -0.15) is 0 Å². The Labute approximate surface area is 120 Å². The maximum absolute atomic E-state index is 12.0. The molecule has 1 aliphatic rings. The van der Waals surface area contributed by atoms with Gasteiger partial charge in [-0.05, 0) is 18.8 Å². The number of hydrogen-bond acceptors (Lipinski definition) is 4. The fourth-order valence-corrected chi connectivity index (χ4v) is 2.44. The summed E-state index contributed by atoms with van der Waals surface area (Å²) in [6.07, 6.45) is 3.09. The Hall–Kier alpha value is -1.14. The van der Waals surface area contributed by atoms with Crippen LogP contribution in [0.5, 0.6) is 0 Å². The van der Waals surface area contributed by atoms with E-state index in [1.165, 1.54) is 0 Å². The molecule has 4 N–H and O–H groups in total. The predicted molar refractivity (Wildman–Crippen MR) is 76.9 cm³/mol. The van der Waals surface area contributed by atoms with Gasteiger partial charge in [-0.3, -0.25) is 9.59 Å². The number of nitrogens with zero attached hydrogens (tertiary/aromatic N) is 1. The van der Waals surface area contributed by atoms with Crippen LogP contribution in [0.1, 0.15) is 39.5 Å². The van der Waals surface area contributed by atoms with Crippen molar-refractivity contribution >= 4 is 11.8 Å². The molecule has 6 heteroatoms. The average Bonchev–Trinajstić information content (AvgIpc) is 2.43. The molecule has 0 bridgehead atoms. The van der Waals surface area contributed by atoms with Crippen molar-refractivity contribution in [2.45, 2.75) is 57.7 Å². The van der Waals surface area contributed by atoms with Crippen LogP contribution >= 0.6 is 0 Å². The van der Waals surface area contributed by atoms with Crippen LogP contribution in [0.4, 0.5) is 0 Å². The molecular formula is C14H27N3O3. The van der Waals surface area contributed by atoms with Crippen LogP contribution in [-0.4, -0.2) is 53.6 Å². The maximum atomic E-state index is 12.0. The molecule has 6 nitrogen and oxygen atoms in total. The van der Waals surface area contributed by atoms with E-state index >= 15 is 0 Å². The summed E-state index contributed by atoms with van der Waals surface area (Å²) in [7, 11) is 1.68. The summed E-state index contributed by atoms with van der Waals surface area (Å²) in [6, 6.07) is -0.750. The molecule has 2 amide bonds. The monoisotopic (exact) mass is 285 g/mol. The van der Waals surface area contributed by atoms with Crippen LogP contribution < -0.4 is 11.1 Å². The molecule has 116 valence electrons. The van der Waals surface area contributed by atoms with E-state index in [4.69, 9.17) is 5.73 Å². The fourth-order valence-electron chi connectivity index (χ4n) is 2.44. The molecule has 0 heterocycles. The lowest BCUT2D eigenvalue weighted by Crippen LogP contribution is -2.51. The van der Waals surface area contributed by atoms with Crippen LogP contribution in [0.15, 0.2) is 0 Å². The zero-order valence-electron chi connectivity index (χ0n) is 12.6. The molecule has 1 saturated carbocycles. The number of carbonyl (C=O) groups excluding carboxylic acids is 2. The third-order valence-electron chi connectivity index (χ3n) is 4.02. The van der Waals surface area contributed by atoms with Gasteiger partial charge in [-0.25, -0.2) is 0 Å². The van der Waals surface area contributed by atoms with Crippen molar-refractivity contribution in [1.29, 1.82) is 0 Å². The molecule has 1 fully saturated rings. The Morgan fingerprint density at radius 2 is 1.95 bits per heavy atom. The number of rotatable bonds is 5. The lowest BCUT2D eigenvalue weighted by molar-refractivity contribution is -0.136. The lowest BCUT2D eigenvalue weighted by atomic mass is 9.91. The van der Waals surface area contributed by atoms with E-state index in [0.29, 0.717) is 0 Å². The summed E-state index contributed by atoms with van der Waals surface area (Å²) in [6.45, 7) is 3.64. The molecule has 0 aliphatic heterocycles. The van der Waals surface area contributed by atoms with Gasteiger partial charge in [0, 0.05) is 7.05 Å². The molecule has 0 radical (unpaired) electrons. The van der Waals surface area contributed by atoms with Gasteiger partial charge >= 0.3 is 0 Å². The molecule has 0 aromatic rings. The molecular weight excluding hydrogens is 258 g/mol. The third kappa shape index (κ3) is 4.45. The number of hydrogen-bond donors (Lipinski definition) is 3. The lowest BCUT2D eigenvalue weighted by Gasteiger charge is -2.35. The zero-order chi connectivity index (χ0) is 15.3. The van der Waals surface area contributed by atoms with Gasteiger partial charge in [0.05, 0.1) is 24.7 Å². The smallest absolute Gasteiger partial charge is 0.242 e. The first-order valence-electron chi connectivity index (χ1n) is 7.31. The Morgan fingerprint density at radius 3 is 2.50 bits per heavy atom. The highest BCUT2D eigenvalue weighted by molar-refractivity contribution is 5.87. The minimum atomic E-state index is -0.603. The van der Waals surface area contributed by atoms with Gasteiger partial charge in [-0.15, -0.1) is 0 Å². The minimum Gasteiger partial charge on any atom is -0.391 e. The molecule has 0 saturated heterocycles. The number of amides is 2. The summed E-state index contributed by atoms with van der Waals surface area (Å²) >= 11 is 0. The van der Waals surface area contributed by atoms with E-state index in [0.717, 1.165) is 25.7 Å². The Bertz CT molecular complexity index is 347. The second kappa shape index (κ2) is 7.59. The molecule has 1 aliphatic carbocycles. The van der Waals surface area contributed by atoms with E-state index in [1.54, 1.807) is 11.9 Å².